The van der Waals surface area contributed by atoms with E-state index in [0.717, 1.165) is 0 Å². The van der Waals surface area contributed by atoms with Gasteiger partial charge in [-0.2, -0.15) is 0 Å². The van der Waals surface area contributed by atoms with Crippen LogP contribution < -0.4 is 5.43 Å². The van der Waals surface area contributed by atoms with Crippen molar-refractivity contribution >= 4 is 44.4 Å². The van der Waals surface area contributed by atoms with Crippen LogP contribution in [0.25, 0.3) is 22.3 Å². The van der Waals surface area contributed by atoms with Crippen molar-refractivity contribution in [2.24, 2.45) is 0 Å². The number of aromatic nitrogens is 2. The van der Waals surface area contributed by atoms with Gasteiger partial charge in [-0.15, -0.1) is 0 Å². The summed E-state index contributed by atoms with van der Waals surface area (Å²) >= 11 is 9.57. The summed E-state index contributed by atoms with van der Waals surface area (Å²) in [5.74, 6) is -0.639. The molecule has 5 nitrogen and oxygen atoms in total. The van der Waals surface area contributed by atoms with E-state index in [4.69, 9.17) is 16.3 Å². The minimum absolute atomic E-state index is 0.0111. The van der Waals surface area contributed by atoms with Crippen molar-refractivity contribution in [3.8, 4) is 11.4 Å². The van der Waals surface area contributed by atoms with E-state index in [1.807, 2.05) is 23.6 Å². The van der Waals surface area contributed by atoms with Gasteiger partial charge in [0.1, 0.15) is 5.56 Å². The van der Waals surface area contributed by atoms with E-state index in [2.05, 4.69) is 20.9 Å². The highest BCUT2D eigenvalue weighted by Gasteiger charge is 2.25. The van der Waals surface area contributed by atoms with Gasteiger partial charge in [0.15, 0.2) is 0 Å². The Labute approximate surface area is 157 Å². The topological polar surface area (TPSA) is 64.1 Å². The number of benzene rings is 1. The molecule has 0 radical (unpaired) electrons. The number of nitrogens with one attached hydrogen (secondary N) is 1. The van der Waals surface area contributed by atoms with Crippen LogP contribution in [0, 0.1) is 0 Å². The SMILES string of the molecule is CCOC(=O)c1c(-c2ccc[nH]2)n(CC)c2cc(Br)c(Cl)cc2c1=O. The highest BCUT2D eigenvalue weighted by Crippen LogP contribution is 2.31. The van der Waals surface area contributed by atoms with Crippen LogP contribution in [-0.2, 0) is 11.3 Å². The van der Waals surface area contributed by atoms with Crippen molar-refractivity contribution in [2.45, 2.75) is 20.4 Å². The lowest BCUT2D eigenvalue weighted by Crippen LogP contribution is -2.24. The van der Waals surface area contributed by atoms with Crippen LogP contribution in [-0.4, -0.2) is 22.1 Å². The fraction of sp³-hybridized carbons (Fsp3) is 0.222. The van der Waals surface area contributed by atoms with E-state index >= 15 is 0 Å². The summed E-state index contributed by atoms with van der Waals surface area (Å²) in [6, 6.07) is 7.01. The molecule has 7 heteroatoms. The third-order valence-corrected chi connectivity index (χ3v) is 5.15. The zero-order chi connectivity index (χ0) is 18.1. The van der Waals surface area contributed by atoms with Gasteiger partial charge in [0.25, 0.3) is 0 Å². The molecule has 130 valence electrons. The number of halogens is 2. The van der Waals surface area contributed by atoms with Crippen molar-refractivity contribution in [3.63, 3.8) is 0 Å². The Balaban J connectivity index is 2.52. The normalized spacial score (nSPS) is 11.0. The maximum absolute atomic E-state index is 13.1. The summed E-state index contributed by atoms with van der Waals surface area (Å²) < 4.78 is 7.74. The van der Waals surface area contributed by atoms with Gasteiger partial charge in [0.05, 0.1) is 28.5 Å². The number of ether oxygens (including phenoxy) is 1. The molecule has 0 aliphatic heterocycles. The Hall–Kier alpha value is -2.05. The molecule has 3 rings (SSSR count). The first-order chi connectivity index (χ1) is 12.0. The summed E-state index contributed by atoms with van der Waals surface area (Å²) in [6.07, 6.45) is 1.75. The zero-order valence-electron chi connectivity index (χ0n) is 13.7. The van der Waals surface area contributed by atoms with E-state index in [0.29, 0.717) is 38.3 Å². The van der Waals surface area contributed by atoms with Crippen LogP contribution in [0.2, 0.25) is 5.02 Å². The second-order valence-electron chi connectivity index (χ2n) is 5.38. The molecular formula is C18H16BrClN2O3. The van der Waals surface area contributed by atoms with Gasteiger partial charge in [-0.25, -0.2) is 4.79 Å². The van der Waals surface area contributed by atoms with Gasteiger partial charge in [0, 0.05) is 22.6 Å². The summed E-state index contributed by atoms with van der Waals surface area (Å²) in [5, 5.41) is 0.795. The first-order valence-corrected chi connectivity index (χ1v) is 9.03. The first kappa shape index (κ1) is 17.8. The van der Waals surface area contributed by atoms with Gasteiger partial charge in [0.2, 0.25) is 5.43 Å². The zero-order valence-corrected chi connectivity index (χ0v) is 16.1. The number of aromatic amines is 1. The number of esters is 1. The van der Waals surface area contributed by atoms with E-state index in [1.165, 1.54) is 0 Å². The molecule has 0 saturated heterocycles. The van der Waals surface area contributed by atoms with Crippen molar-refractivity contribution in [1.29, 1.82) is 0 Å². The fourth-order valence-corrected chi connectivity index (χ4v) is 3.41. The Bertz CT molecular complexity index is 1010. The molecular weight excluding hydrogens is 408 g/mol. The fourth-order valence-electron chi connectivity index (χ4n) is 2.92. The van der Waals surface area contributed by atoms with Gasteiger partial charge in [-0.1, -0.05) is 11.6 Å². The minimum atomic E-state index is -0.639. The summed E-state index contributed by atoms with van der Waals surface area (Å²) in [5.41, 5.74) is 1.50. The van der Waals surface area contributed by atoms with E-state index < -0.39 is 11.4 Å². The number of aryl methyl sites for hydroxylation is 1. The maximum Gasteiger partial charge on any atom is 0.344 e. The Kier molecular flexibility index (Phi) is 5.01. The number of nitrogens with zero attached hydrogens (tertiary/aromatic N) is 1. The van der Waals surface area contributed by atoms with E-state index in [-0.39, 0.29) is 12.2 Å². The van der Waals surface area contributed by atoms with Crippen molar-refractivity contribution in [2.75, 3.05) is 6.61 Å². The molecule has 1 N–H and O–H groups in total. The van der Waals surface area contributed by atoms with Gasteiger partial charge < -0.3 is 14.3 Å². The van der Waals surface area contributed by atoms with Crippen LogP contribution in [0.15, 0.2) is 39.7 Å². The molecule has 3 aromatic rings. The molecule has 0 bridgehead atoms. The average molecular weight is 424 g/mol. The lowest BCUT2D eigenvalue weighted by atomic mass is 10.0. The number of carbonyl (C=O) groups excluding carboxylic acids is 1. The quantitative estimate of drug-likeness (QED) is 0.623. The third kappa shape index (κ3) is 3.00. The molecule has 0 amide bonds. The Morgan fingerprint density at radius 1 is 1.36 bits per heavy atom. The molecule has 0 unspecified atom stereocenters. The van der Waals surface area contributed by atoms with Crippen molar-refractivity contribution in [3.05, 3.63) is 55.7 Å². The van der Waals surface area contributed by atoms with Crippen LogP contribution in [0.3, 0.4) is 0 Å². The van der Waals surface area contributed by atoms with Crippen LogP contribution in [0.5, 0.6) is 0 Å². The number of hydrogen-bond acceptors (Lipinski definition) is 3. The second-order valence-corrected chi connectivity index (χ2v) is 6.65. The van der Waals surface area contributed by atoms with Gasteiger partial charge in [-0.05, 0) is 54.0 Å². The molecule has 0 saturated carbocycles. The summed E-state index contributed by atoms with van der Waals surface area (Å²) in [4.78, 5) is 28.7. The number of carbonyl (C=O) groups is 1. The first-order valence-electron chi connectivity index (χ1n) is 7.86. The smallest absolute Gasteiger partial charge is 0.344 e. The molecule has 0 aliphatic carbocycles. The molecule has 0 spiro atoms. The molecule has 0 fully saturated rings. The number of fused-ring (bicyclic) bond motifs is 1. The van der Waals surface area contributed by atoms with Gasteiger partial charge >= 0.3 is 5.97 Å². The molecule has 0 atom stereocenters. The summed E-state index contributed by atoms with van der Waals surface area (Å²) in [6.45, 7) is 4.41. The Morgan fingerprint density at radius 2 is 2.12 bits per heavy atom. The van der Waals surface area contributed by atoms with Crippen LogP contribution in [0.1, 0.15) is 24.2 Å². The number of hydrogen-bond donors (Lipinski definition) is 1. The van der Waals surface area contributed by atoms with Gasteiger partial charge in [-0.3, -0.25) is 4.79 Å². The maximum atomic E-state index is 13.1. The third-order valence-electron chi connectivity index (χ3n) is 3.96. The second kappa shape index (κ2) is 7.06. The van der Waals surface area contributed by atoms with E-state index in [9.17, 15) is 9.59 Å². The lowest BCUT2D eigenvalue weighted by Gasteiger charge is -2.18. The molecule has 2 heterocycles. The molecule has 0 aliphatic rings. The summed E-state index contributed by atoms with van der Waals surface area (Å²) in [7, 11) is 0. The highest BCUT2D eigenvalue weighted by atomic mass is 79.9. The number of H-pyrrole nitrogens is 1. The van der Waals surface area contributed by atoms with Crippen molar-refractivity contribution in [1.82, 2.24) is 9.55 Å². The minimum Gasteiger partial charge on any atom is -0.462 e. The lowest BCUT2D eigenvalue weighted by molar-refractivity contribution is 0.0525. The largest absolute Gasteiger partial charge is 0.462 e. The highest BCUT2D eigenvalue weighted by molar-refractivity contribution is 9.10. The predicted molar refractivity (Wildman–Crippen MR) is 102 cm³/mol. The van der Waals surface area contributed by atoms with Crippen LogP contribution >= 0.6 is 27.5 Å². The standard InChI is InChI=1S/C18H16BrClN2O3/c1-3-22-14-9-11(19)12(20)8-10(14)17(23)15(18(24)25-4-2)16(22)13-6-5-7-21-13/h5-9,21H,3-4H2,1-2H3. The monoisotopic (exact) mass is 422 g/mol. The molecule has 2 aromatic heterocycles. The van der Waals surface area contributed by atoms with E-state index in [1.54, 1.807) is 25.3 Å². The number of pyridine rings is 1. The van der Waals surface area contributed by atoms with Crippen molar-refractivity contribution < 1.29 is 9.53 Å². The molecule has 25 heavy (non-hydrogen) atoms. The Morgan fingerprint density at radius 3 is 2.72 bits per heavy atom. The van der Waals surface area contributed by atoms with Crippen LogP contribution in [0.4, 0.5) is 0 Å². The predicted octanol–water partition coefficient (Wildman–Crippen LogP) is 4.61. The molecule has 1 aromatic carbocycles. The number of rotatable bonds is 4. The average Bonchev–Trinajstić information content (AvgIpc) is 3.10.